The maximum absolute atomic E-state index is 11.9. The number of hydrogen-bond acceptors (Lipinski definition) is 5. The van der Waals surface area contributed by atoms with Crippen LogP contribution in [-0.2, 0) is 16.1 Å². The molecule has 0 saturated carbocycles. The van der Waals surface area contributed by atoms with Crippen molar-refractivity contribution in [3.8, 4) is 11.5 Å². The molecule has 5 nitrogen and oxygen atoms in total. The molecule has 0 aromatic heterocycles. The molecule has 2 rings (SSSR count). The first-order valence-corrected chi connectivity index (χ1v) is 7.20. The molecular weight excluding hydrogens is 270 g/mol. The van der Waals surface area contributed by atoms with E-state index in [2.05, 4.69) is 0 Å². The minimum Gasteiger partial charge on any atom is -0.459 e. The van der Waals surface area contributed by atoms with Crippen LogP contribution in [0.25, 0.3) is 0 Å². The maximum atomic E-state index is 11.9. The third-order valence-electron chi connectivity index (χ3n) is 3.06. The number of hydrogen-bond donors (Lipinski definition) is 0. The largest absolute Gasteiger partial charge is 0.459 e. The Morgan fingerprint density at radius 3 is 2.67 bits per heavy atom. The van der Waals surface area contributed by atoms with Gasteiger partial charge in [0.2, 0.25) is 6.79 Å². The summed E-state index contributed by atoms with van der Waals surface area (Å²) in [6, 6.07) is 5.85. The van der Waals surface area contributed by atoms with Gasteiger partial charge in [0.1, 0.15) is 5.60 Å². The molecule has 1 aliphatic heterocycles. The minimum absolute atomic E-state index is 0.204. The van der Waals surface area contributed by atoms with Gasteiger partial charge in [-0.1, -0.05) is 13.0 Å². The van der Waals surface area contributed by atoms with Crippen LogP contribution in [0.2, 0.25) is 0 Å². The van der Waals surface area contributed by atoms with E-state index in [1.807, 2.05) is 50.8 Å². The second kappa shape index (κ2) is 6.35. The fourth-order valence-corrected chi connectivity index (χ4v) is 2.13. The van der Waals surface area contributed by atoms with Gasteiger partial charge < -0.3 is 14.2 Å². The second-order valence-electron chi connectivity index (χ2n) is 6.08. The lowest BCUT2D eigenvalue weighted by Gasteiger charge is -2.24. The van der Waals surface area contributed by atoms with Gasteiger partial charge in [-0.15, -0.1) is 0 Å². The van der Waals surface area contributed by atoms with Crippen LogP contribution in [0, 0.1) is 0 Å². The van der Waals surface area contributed by atoms with Crippen LogP contribution in [0.15, 0.2) is 18.2 Å². The van der Waals surface area contributed by atoms with Gasteiger partial charge in [-0.2, -0.15) is 0 Å². The van der Waals surface area contributed by atoms with E-state index in [1.165, 1.54) is 0 Å². The number of rotatable bonds is 5. The highest BCUT2D eigenvalue weighted by Crippen LogP contribution is 2.32. The molecule has 1 aliphatic rings. The van der Waals surface area contributed by atoms with Crippen molar-refractivity contribution in [2.75, 3.05) is 19.9 Å². The Balaban J connectivity index is 1.94. The average molecular weight is 293 g/mol. The van der Waals surface area contributed by atoms with Gasteiger partial charge in [0.25, 0.3) is 0 Å². The van der Waals surface area contributed by atoms with Crippen molar-refractivity contribution in [2.45, 2.75) is 39.8 Å². The molecule has 21 heavy (non-hydrogen) atoms. The summed E-state index contributed by atoms with van der Waals surface area (Å²) < 4.78 is 16.0. The van der Waals surface area contributed by atoms with Gasteiger partial charge in [-0.25, -0.2) is 0 Å². The fraction of sp³-hybridized carbons (Fsp3) is 0.562. The molecule has 0 saturated heterocycles. The average Bonchev–Trinajstić information content (AvgIpc) is 2.83. The first-order chi connectivity index (χ1) is 9.87. The summed E-state index contributed by atoms with van der Waals surface area (Å²) in [6.07, 6.45) is 0. The number of nitrogens with zero attached hydrogens (tertiary/aromatic N) is 1. The topological polar surface area (TPSA) is 48.0 Å². The summed E-state index contributed by atoms with van der Waals surface area (Å²) >= 11 is 0. The molecule has 1 heterocycles. The Bertz CT molecular complexity index is 507. The van der Waals surface area contributed by atoms with Crippen molar-refractivity contribution in [1.29, 1.82) is 0 Å². The molecule has 0 N–H and O–H groups in total. The lowest BCUT2D eigenvalue weighted by molar-refractivity contribution is -0.156. The Hall–Kier alpha value is -1.75. The normalized spacial score (nSPS) is 13.6. The first kappa shape index (κ1) is 15.6. The number of fused-ring (bicyclic) bond motifs is 1. The van der Waals surface area contributed by atoms with Crippen molar-refractivity contribution in [3.63, 3.8) is 0 Å². The first-order valence-electron chi connectivity index (χ1n) is 7.20. The van der Waals surface area contributed by atoms with Gasteiger partial charge in [-0.05, 0) is 45.0 Å². The quantitative estimate of drug-likeness (QED) is 0.781. The molecule has 116 valence electrons. The molecule has 0 atom stereocenters. The summed E-state index contributed by atoms with van der Waals surface area (Å²) in [5.74, 6) is 1.33. The van der Waals surface area contributed by atoms with E-state index in [9.17, 15) is 4.79 Å². The van der Waals surface area contributed by atoms with Crippen LogP contribution in [-0.4, -0.2) is 36.4 Å². The van der Waals surface area contributed by atoms with Crippen LogP contribution in [0.3, 0.4) is 0 Å². The van der Waals surface area contributed by atoms with Gasteiger partial charge in [0, 0.05) is 6.54 Å². The molecular formula is C16H23NO4. The van der Waals surface area contributed by atoms with Gasteiger partial charge >= 0.3 is 5.97 Å². The molecule has 0 radical (unpaired) electrons. The molecule has 0 unspecified atom stereocenters. The second-order valence-corrected chi connectivity index (χ2v) is 6.08. The SMILES string of the molecule is CCN(CC(=O)OC(C)(C)C)Cc1ccc2c(c1)OCO2. The Morgan fingerprint density at radius 2 is 2.00 bits per heavy atom. The van der Waals surface area contributed by atoms with Crippen molar-refractivity contribution >= 4 is 5.97 Å². The number of benzene rings is 1. The van der Waals surface area contributed by atoms with E-state index in [4.69, 9.17) is 14.2 Å². The smallest absolute Gasteiger partial charge is 0.320 e. The molecule has 1 aromatic carbocycles. The summed E-state index contributed by atoms with van der Waals surface area (Å²) in [7, 11) is 0. The highest BCUT2D eigenvalue weighted by Gasteiger charge is 2.19. The van der Waals surface area contributed by atoms with E-state index in [1.54, 1.807) is 0 Å². The summed E-state index contributed by atoms with van der Waals surface area (Å²) in [5, 5.41) is 0. The molecule has 0 aliphatic carbocycles. The lowest BCUT2D eigenvalue weighted by atomic mass is 10.2. The van der Waals surface area contributed by atoms with Crippen molar-refractivity contribution in [1.82, 2.24) is 4.90 Å². The number of likely N-dealkylation sites (N-methyl/N-ethyl adjacent to an activating group) is 1. The third-order valence-corrected chi connectivity index (χ3v) is 3.06. The van der Waals surface area contributed by atoms with Gasteiger partial charge in [0.15, 0.2) is 11.5 Å². The monoisotopic (exact) mass is 293 g/mol. The molecule has 0 amide bonds. The predicted octanol–water partition coefficient (Wildman–Crippen LogP) is 2.58. The van der Waals surface area contributed by atoms with Gasteiger partial charge in [-0.3, -0.25) is 9.69 Å². The van der Waals surface area contributed by atoms with E-state index in [-0.39, 0.29) is 19.3 Å². The van der Waals surface area contributed by atoms with Crippen LogP contribution in [0.4, 0.5) is 0 Å². The van der Waals surface area contributed by atoms with E-state index in [0.29, 0.717) is 6.54 Å². The van der Waals surface area contributed by atoms with E-state index >= 15 is 0 Å². The highest BCUT2D eigenvalue weighted by molar-refractivity contribution is 5.72. The third kappa shape index (κ3) is 4.63. The summed E-state index contributed by atoms with van der Waals surface area (Å²) in [5.41, 5.74) is 0.638. The van der Waals surface area contributed by atoms with E-state index < -0.39 is 5.60 Å². The predicted molar refractivity (Wildman–Crippen MR) is 79.4 cm³/mol. The number of ether oxygens (including phenoxy) is 3. The Morgan fingerprint density at radius 1 is 1.29 bits per heavy atom. The molecule has 0 spiro atoms. The zero-order chi connectivity index (χ0) is 15.5. The van der Waals surface area contributed by atoms with Crippen LogP contribution in [0.5, 0.6) is 11.5 Å². The Labute approximate surface area is 125 Å². The van der Waals surface area contributed by atoms with Crippen LogP contribution in [0.1, 0.15) is 33.3 Å². The summed E-state index contributed by atoms with van der Waals surface area (Å²) in [4.78, 5) is 13.9. The number of carbonyl (C=O) groups is 1. The minimum atomic E-state index is -0.449. The van der Waals surface area contributed by atoms with Crippen molar-refractivity contribution in [2.24, 2.45) is 0 Å². The number of esters is 1. The summed E-state index contributed by atoms with van der Waals surface area (Å²) in [6.45, 7) is 9.64. The lowest BCUT2D eigenvalue weighted by Crippen LogP contribution is -2.34. The zero-order valence-corrected chi connectivity index (χ0v) is 13.1. The molecule has 0 bridgehead atoms. The maximum Gasteiger partial charge on any atom is 0.320 e. The molecule has 1 aromatic rings. The number of carbonyl (C=O) groups excluding carboxylic acids is 1. The zero-order valence-electron chi connectivity index (χ0n) is 13.1. The molecule has 5 heteroatoms. The standard InChI is InChI=1S/C16H23NO4/c1-5-17(10-15(18)21-16(2,3)4)9-12-6-7-13-14(8-12)20-11-19-13/h6-8H,5,9-11H2,1-4H3. The van der Waals surface area contributed by atoms with Crippen LogP contribution >= 0.6 is 0 Å². The molecule has 0 fully saturated rings. The van der Waals surface area contributed by atoms with E-state index in [0.717, 1.165) is 23.6 Å². The van der Waals surface area contributed by atoms with Crippen LogP contribution < -0.4 is 9.47 Å². The van der Waals surface area contributed by atoms with Crippen molar-refractivity contribution in [3.05, 3.63) is 23.8 Å². The van der Waals surface area contributed by atoms with Crippen molar-refractivity contribution < 1.29 is 19.0 Å². The fourth-order valence-electron chi connectivity index (χ4n) is 2.13. The highest BCUT2D eigenvalue weighted by atomic mass is 16.7. The van der Waals surface area contributed by atoms with Gasteiger partial charge in [0.05, 0.1) is 6.54 Å². The Kier molecular flexibility index (Phi) is 4.73.